The molecule has 0 bridgehead atoms. The minimum absolute atomic E-state index is 0.235. The van der Waals surface area contributed by atoms with Crippen molar-refractivity contribution in [2.24, 2.45) is 0 Å². The first kappa shape index (κ1) is 27.9. The predicted molar refractivity (Wildman–Crippen MR) is 114 cm³/mol. The number of carbonyl (C=O) groups excluding carboxylic acids is 1. The molecule has 1 saturated heterocycles. The van der Waals surface area contributed by atoms with E-state index in [2.05, 4.69) is 22.1 Å². The van der Waals surface area contributed by atoms with Gasteiger partial charge < -0.3 is 29.6 Å². The van der Waals surface area contributed by atoms with E-state index in [9.17, 15) is 28.0 Å². The lowest BCUT2D eigenvalue weighted by Gasteiger charge is -2.43. The molecule has 0 aromatic carbocycles. The quantitative estimate of drug-likeness (QED) is 0.107. The van der Waals surface area contributed by atoms with Crippen LogP contribution in [0, 0.1) is 0 Å². The number of nitrogens with one attached hydrogen (secondary N) is 1. The maximum absolute atomic E-state index is 11.5. The maximum Gasteiger partial charge on any atom is 0.218 e. The molecule has 1 heterocycles. The van der Waals surface area contributed by atoms with Crippen molar-refractivity contribution in [1.82, 2.24) is 5.32 Å². The molecule has 1 aliphatic rings. The lowest BCUT2D eigenvalue weighted by molar-refractivity contribution is -0.266. The third-order valence-corrected chi connectivity index (χ3v) is 6.29. The second-order valence-electron chi connectivity index (χ2n) is 6.89. The second-order valence-corrected chi connectivity index (χ2v) is 9.57. The van der Waals surface area contributed by atoms with E-state index in [0.29, 0.717) is 6.42 Å². The average molecular weight is 491 g/mol. The summed E-state index contributed by atoms with van der Waals surface area (Å²) in [5.74, 6) is 2.23. The Hall–Kier alpha value is -0.120. The number of unbranched alkanes of at least 4 members (excludes halogenated alkanes) is 3. The number of carbonyl (C=O) groups is 1. The number of thiol groups is 1. The number of amides is 1. The summed E-state index contributed by atoms with van der Waals surface area (Å²) in [6.07, 6.45) is -0.469. The maximum atomic E-state index is 11.5. The summed E-state index contributed by atoms with van der Waals surface area (Å²) in [5.41, 5.74) is 0. The highest BCUT2D eigenvalue weighted by atomic mass is 32.3. The SMILES string of the molecule is CC(=O)N[C@H]1[C@H](OCCCSCCCCCCS)O[C@H](CO)[C@@H](O)[C@@H]1OS(=O)(=O)[O-]. The Kier molecular flexibility index (Phi) is 13.8. The minimum atomic E-state index is -5.19. The van der Waals surface area contributed by atoms with Crippen molar-refractivity contribution in [2.45, 2.75) is 69.7 Å². The van der Waals surface area contributed by atoms with Gasteiger partial charge in [-0.25, -0.2) is 8.42 Å². The molecule has 0 aliphatic carbocycles. The fraction of sp³-hybridized carbons (Fsp3) is 0.941. The van der Waals surface area contributed by atoms with Crippen molar-refractivity contribution < 1.29 is 41.6 Å². The lowest BCUT2D eigenvalue weighted by atomic mass is 9.97. The summed E-state index contributed by atoms with van der Waals surface area (Å²) < 4.78 is 48.7. The Morgan fingerprint density at radius 1 is 1.23 bits per heavy atom. The van der Waals surface area contributed by atoms with Gasteiger partial charge in [-0.1, -0.05) is 12.8 Å². The normalized spacial score (nSPS) is 27.2. The highest BCUT2D eigenvalue weighted by molar-refractivity contribution is 7.99. The molecule has 10 nitrogen and oxygen atoms in total. The van der Waals surface area contributed by atoms with E-state index in [-0.39, 0.29) is 6.61 Å². The fourth-order valence-electron chi connectivity index (χ4n) is 2.98. The van der Waals surface area contributed by atoms with Crippen LogP contribution in [0.4, 0.5) is 0 Å². The van der Waals surface area contributed by atoms with Crippen LogP contribution >= 0.6 is 24.4 Å². The summed E-state index contributed by atoms with van der Waals surface area (Å²) in [6.45, 7) is 0.755. The monoisotopic (exact) mass is 490 g/mol. The van der Waals surface area contributed by atoms with Crippen LogP contribution in [0.25, 0.3) is 0 Å². The molecule has 5 atom stereocenters. The average Bonchev–Trinajstić information content (AvgIpc) is 2.66. The van der Waals surface area contributed by atoms with E-state index < -0.39 is 53.6 Å². The summed E-state index contributed by atoms with van der Waals surface area (Å²) in [6, 6.07) is -1.25. The highest BCUT2D eigenvalue weighted by Gasteiger charge is 2.48. The smallest absolute Gasteiger partial charge is 0.218 e. The predicted octanol–water partition coefficient (Wildman–Crippen LogP) is 0.0447. The molecule has 3 N–H and O–H groups in total. The molecule has 1 fully saturated rings. The van der Waals surface area contributed by atoms with E-state index >= 15 is 0 Å². The summed E-state index contributed by atoms with van der Waals surface area (Å²) >= 11 is 5.97. The topological polar surface area (TPSA) is 154 Å². The zero-order chi connectivity index (χ0) is 22.6. The van der Waals surface area contributed by atoms with Gasteiger partial charge in [0, 0.05) is 6.92 Å². The number of hydrogen-bond acceptors (Lipinski definition) is 11. The lowest BCUT2D eigenvalue weighted by Crippen LogP contribution is -2.65. The molecular weight excluding hydrogens is 458 g/mol. The third-order valence-electron chi connectivity index (χ3n) is 4.36. The van der Waals surface area contributed by atoms with Gasteiger partial charge in [-0.05, 0) is 36.5 Å². The van der Waals surface area contributed by atoms with Gasteiger partial charge in [0.25, 0.3) is 0 Å². The van der Waals surface area contributed by atoms with E-state index in [1.165, 1.54) is 19.8 Å². The number of hydrogen-bond donors (Lipinski definition) is 4. The molecular formula is C17H32NO9S3-. The molecule has 0 aromatic rings. The molecule has 0 saturated carbocycles. The van der Waals surface area contributed by atoms with Crippen LogP contribution in [0.1, 0.15) is 39.0 Å². The summed E-state index contributed by atoms with van der Waals surface area (Å²) in [5, 5.41) is 22.0. The van der Waals surface area contributed by atoms with Gasteiger partial charge in [0.05, 0.1) is 13.2 Å². The number of aliphatic hydroxyl groups is 2. The fourth-order valence-corrected chi connectivity index (χ4v) is 4.64. The first-order valence-electron chi connectivity index (χ1n) is 9.85. The first-order chi connectivity index (χ1) is 14.2. The Labute approximate surface area is 187 Å². The second kappa shape index (κ2) is 14.9. The standard InChI is InChI=1S/C17H33NO9S3/c1-12(20)18-14-16(27-30(22,23)24)15(21)13(11-19)26-17(14)25-7-6-10-29-9-5-3-2-4-8-28/h13-17,19,21,28H,2-11H2,1H3,(H,18,20)(H,22,23,24)/p-1/t13-,14-,15-,16-,17-/m1/s1. The molecule has 30 heavy (non-hydrogen) atoms. The Bertz CT molecular complexity index is 593. The van der Waals surface area contributed by atoms with Crippen LogP contribution in [0.3, 0.4) is 0 Å². The van der Waals surface area contributed by atoms with Gasteiger partial charge in [-0.15, -0.1) is 0 Å². The van der Waals surface area contributed by atoms with Crippen molar-refractivity contribution in [1.29, 1.82) is 0 Å². The van der Waals surface area contributed by atoms with Crippen molar-refractivity contribution in [3.8, 4) is 0 Å². The van der Waals surface area contributed by atoms with E-state index in [1.54, 1.807) is 11.8 Å². The zero-order valence-electron chi connectivity index (χ0n) is 17.0. The van der Waals surface area contributed by atoms with Crippen LogP contribution in [0.5, 0.6) is 0 Å². The molecule has 0 radical (unpaired) electrons. The number of aliphatic hydroxyl groups excluding tert-OH is 2. The van der Waals surface area contributed by atoms with Crippen molar-refractivity contribution >= 4 is 40.7 Å². The van der Waals surface area contributed by atoms with Crippen LogP contribution in [-0.4, -0.2) is 90.2 Å². The largest absolute Gasteiger partial charge is 0.726 e. The van der Waals surface area contributed by atoms with Crippen molar-refractivity contribution in [3.05, 3.63) is 0 Å². The van der Waals surface area contributed by atoms with Crippen LogP contribution in [0.2, 0.25) is 0 Å². The van der Waals surface area contributed by atoms with E-state index in [0.717, 1.165) is 30.1 Å². The van der Waals surface area contributed by atoms with Gasteiger partial charge in [0.15, 0.2) is 6.29 Å². The number of ether oxygens (including phenoxy) is 2. The zero-order valence-corrected chi connectivity index (χ0v) is 19.5. The first-order valence-corrected chi connectivity index (χ1v) is 13.0. The Balaban J connectivity index is 2.56. The molecule has 0 spiro atoms. The molecule has 1 rings (SSSR count). The molecule has 178 valence electrons. The van der Waals surface area contributed by atoms with Gasteiger partial charge >= 0.3 is 0 Å². The Morgan fingerprint density at radius 2 is 1.90 bits per heavy atom. The van der Waals surface area contributed by atoms with Gasteiger partial charge in [0.1, 0.15) is 24.4 Å². The molecule has 13 heteroatoms. The van der Waals surface area contributed by atoms with Crippen LogP contribution < -0.4 is 5.32 Å². The summed E-state index contributed by atoms with van der Waals surface area (Å²) in [7, 11) is -5.19. The van der Waals surface area contributed by atoms with Crippen molar-refractivity contribution in [2.75, 3.05) is 30.5 Å². The van der Waals surface area contributed by atoms with Gasteiger partial charge in [-0.3, -0.25) is 8.98 Å². The Morgan fingerprint density at radius 3 is 2.50 bits per heavy atom. The minimum Gasteiger partial charge on any atom is -0.726 e. The number of thioether (sulfide) groups is 1. The summed E-state index contributed by atoms with van der Waals surface area (Å²) in [4.78, 5) is 11.5. The molecule has 0 aromatic heterocycles. The third kappa shape index (κ3) is 11.0. The van der Waals surface area contributed by atoms with Crippen LogP contribution in [0.15, 0.2) is 0 Å². The highest BCUT2D eigenvalue weighted by Crippen LogP contribution is 2.26. The number of rotatable bonds is 15. The van der Waals surface area contributed by atoms with Crippen LogP contribution in [-0.2, 0) is 28.9 Å². The van der Waals surface area contributed by atoms with Gasteiger partial charge in [-0.2, -0.15) is 24.4 Å². The molecule has 1 amide bonds. The molecule has 1 aliphatic heterocycles. The van der Waals surface area contributed by atoms with Gasteiger partial charge in [0.2, 0.25) is 16.3 Å². The van der Waals surface area contributed by atoms with Crippen molar-refractivity contribution in [3.63, 3.8) is 0 Å². The molecule has 0 unspecified atom stereocenters. The van der Waals surface area contributed by atoms with E-state index in [1.807, 2.05) is 0 Å². The van der Waals surface area contributed by atoms with E-state index in [4.69, 9.17) is 9.47 Å².